The van der Waals surface area contributed by atoms with E-state index in [0.29, 0.717) is 18.8 Å². The number of nitrogens with zero attached hydrogens (tertiary/aromatic N) is 1. The normalized spacial score (nSPS) is 33.3. The molecular formula is C19H27F2NO2S. The third-order valence-electron chi connectivity index (χ3n) is 5.89. The zero-order chi connectivity index (χ0) is 17.4. The van der Waals surface area contributed by atoms with Crippen molar-refractivity contribution in [3.05, 3.63) is 21.4 Å². The zero-order valence-electron chi connectivity index (χ0n) is 14.8. The van der Waals surface area contributed by atoms with Gasteiger partial charge in [0.05, 0.1) is 12.7 Å². The number of thiophene rings is 1. The van der Waals surface area contributed by atoms with Crippen LogP contribution in [0.15, 0.2) is 6.07 Å². The Morgan fingerprint density at radius 2 is 2.28 bits per heavy atom. The fourth-order valence-corrected chi connectivity index (χ4v) is 6.04. The van der Waals surface area contributed by atoms with Gasteiger partial charge >= 0.3 is 0 Å². The minimum absolute atomic E-state index is 0.131. The van der Waals surface area contributed by atoms with E-state index in [1.165, 1.54) is 16.9 Å². The van der Waals surface area contributed by atoms with Gasteiger partial charge in [-0.1, -0.05) is 0 Å². The van der Waals surface area contributed by atoms with Gasteiger partial charge in [-0.05, 0) is 50.7 Å². The van der Waals surface area contributed by atoms with Gasteiger partial charge in [-0.3, -0.25) is 4.90 Å². The van der Waals surface area contributed by atoms with Gasteiger partial charge in [0.15, 0.2) is 0 Å². The third kappa shape index (κ3) is 3.64. The van der Waals surface area contributed by atoms with Crippen LogP contribution < -0.4 is 0 Å². The van der Waals surface area contributed by atoms with Crippen molar-refractivity contribution in [1.29, 1.82) is 0 Å². The Bertz CT molecular complexity index is 602. The minimum atomic E-state index is -2.27. The predicted molar refractivity (Wildman–Crippen MR) is 94.6 cm³/mol. The zero-order valence-corrected chi connectivity index (χ0v) is 15.6. The van der Waals surface area contributed by atoms with Crippen LogP contribution in [-0.2, 0) is 27.9 Å². The predicted octanol–water partition coefficient (Wildman–Crippen LogP) is 3.99. The van der Waals surface area contributed by atoms with E-state index in [-0.39, 0.29) is 12.0 Å². The van der Waals surface area contributed by atoms with Gasteiger partial charge in [-0.25, -0.2) is 8.78 Å². The maximum absolute atomic E-state index is 12.8. The molecule has 3 aliphatic rings. The molecule has 3 nitrogen and oxygen atoms in total. The van der Waals surface area contributed by atoms with Crippen molar-refractivity contribution in [1.82, 2.24) is 4.90 Å². The van der Waals surface area contributed by atoms with Crippen LogP contribution in [0.5, 0.6) is 0 Å². The van der Waals surface area contributed by atoms with Gasteiger partial charge in [0.2, 0.25) is 6.43 Å². The third-order valence-corrected chi connectivity index (χ3v) is 7.28. The van der Waals surface area contributed by atoms with Crippen LogP contribution in [0.1, 0.15) is 47.9 Å². The number of alkyl halides is 2. The summed E-state index contributed by atoms with van der Waals surface area (Å²) < 4.78 is 37.7. The van der Waals surface area contributed by atoms with Gasteiger partial charge < -0.3 is 9.47 Å². The molecule has 6 heteroatoms. The van der Waals surface area contributed by atoms with E-state index in [0.717, 1.165) is 50.3 Å². The fourth-order valence-electron chi connectivity index (χ4n) is 4.64. The van der Waals surface area contributed by atoms with Crippen molar-refractivity contribution in [2.75, 3.05) is 26.3 Å². The molecule has 0 radical (unpaired) electrons. The number of halogens is 2. The summed E-state index contributed by atoms with van der Waals surface area (Å²) in [6, 6.07) is 2.42. The average Bonchev–Trinajstić information content (AvgIpc) is 3.20. The Balaban J connectivity index is 1.49. The second-order valence-electron chi connectivity index (χ2n) is 7.69. The highest BCUT2D eigenvalue weighted by molar-refractivity contribution is 7.12. The summed E-state index contributed by atoms with van der Waals surface area (Å²) >= 11 is 1.56. The first kappa shape index (κ1) is 17.8. The van der Waals surface area contributed by atoms with Gasteiger partial charge in [-0.2, -0.15) is 0 Å². The Hall–Kier alpha value is -0.560. The molecule has 1 aromatic heterocycles. The van der Waals surface area contributed by atoms with E-state index in [1.807, 2.05) is 6.07 Å². The molecule has 4 rings (SSSR count). The molecule has 140 valence electrons. The van der Waals surface area contributed by atoms with Crippen LogP contribution in [0.3, 0.4) is 0 Å². The molecule has 2 saturated heterocycles. The van der Waals surface area contributed by atoms with Crippen LogP contribution in [0.25, 0.3) is 0 Å². The lowest BCUT2D eigenvalue weighted by atomic mass is 9.82. The summed E-state index contributed by atoms with van der Waals surface area (Å²) in [5, 5.41) is 0. The lowest BCUT2D eigenvalue weighted by Gasteiger charge is -2.47. The van der Waals surface area contributed by atoms with Gasteiger partial charge in [0, 0.05) is 41.9 Å². The first-order chi connectivity index (χ1) is 12.1. The van der Waals surface area contributed by atoms with Gasteiger partial charge in [-0.15, -0.1) is 11.3 Å². The van der Waals surface area contributed by atoms with Crippen molar-refractivity contribution in [3.63, 3.8) is 0 Å². The lowest BCUT2D eigenvalue weighted by molar-refractivity contribution is -0.113. The molecule has 2 fully saturated rings. The molecule has 1 unspecified atom stereocenters. The molecule has 0 saturated carbocycles. The van der Waals surface area contributed by atoms with Crippen molar-refractivity contribution < 1.29 is 18.3 Å². The smallest absolute Gasteiger partial charge is 0.243 e. The molecule has 0 aliphatic carbocycles. The Morgan fingerprint density at radius 3 is 3.00 bits per heavy atom. The molecule has 0 bridgehead atoms. The topological polar surface area (TPSA) is 21.7 Å². The summed E-state index contributed by atoms with van der Waals surface area (Å²) in [6.07, 6.45) is 3.05. The number of ether oxygens (including phenoxy) is 2. The van der Waals surface area contributed by atoms with E-state index in [1.54, 1.807) is 11.3 Å². The number of hydrogen-bond acceptors (Lipinski definition) is 4. The van der Waals surface area contributed by atoms with E-state index in [9.17, 15) is 8.78 Å². The van der Waals surface area contributed by atoms with Crippen molar-refractivity contribution in [3.8, 4) is 0 Å². The summed E-state index contributed by atoms with van der Waals surface area (Å²) in [4.78, 5) is 4.55. The second kappa shape index (κ2) is 7.22. The monoisotopic (exact) mass is 371 g/mol. The quantitative estimate of drug-likeness (QED) is 0.799. The molecule has 1 aromatic rings. The first-order valence-corrected chi connectivity index (χ1v) is 10.3. The van der Waals surface area contributed by atoms with E-state index in [2.05, 4.69) is 11.8 Å². The molecule has 0 N–H and O–H groups in total. The molecule has 0 aromatic carbocycles. The molecule has 0 amide bonds. The second-order valence-corrected chi connectivity index (χ2v) is 8.82. The molecule has 3 aliphatic heterocycles. The van der Waals surface area contributed by atoms with E-state index < -0.39 is 6.43 Å². The largest absolute Gasteiger partial charge is 0.377 e. The molecule has 4 heterocycles. The standard InChI is InChI=1S/C19H27F2NO2S/c1-13-11-19(5-6-22(13)12-15-3-2-7-23-15)18-14(4-8-24-19)9-16(25-18)10-17(20)21/h9,13,15,17H,2-8,10-12H2,1H3/t13-,15?,19+/m0/s1. The number of piperidine rings is 1. The van der Waals surface area contributed by atoms with Crippen LogP contribution in [-0.4, -0.2) is 49.8 Å². The van der Waals surface area contributed by atoms with Crippen LogP contribution in [0, 0.1) is 0 Å². The molecule has 3 atom stereocenters. The molecular weight excluding hydrogens is 344 g/mol. The van der Waals surface area contributed by atoms with Gasteiger partial charge in [0.25, 0.3) is 0 Å². The van der Waals surface area contributed by atoms with Crippen LogP contribution in [0.2, 0.25) is 0 Å². The first-order valence-electron chi connectivity index (χ1n) is 9.45. The number of likely N-dealkylation sites (tertiary alicyclic amines) is 1. The van der Waals surface area contributed by atoms with E-state index >= 15 is 0 Å². The summed E-state index contributed by atoms with van der Waals surface area (Å²) in [7, 11) is 0. The van der Waals surface area contributed by atoms with Crippen molar-refractivity contribution in [2.45, 2.75) is 69.6 Å². The highest BCUT2D eigenvalue weighted by atomic mass is 32.1. The van der Waals surface area contributed by atoms with Crippen molar-refractivity contribution in [2.24, 2.45) is 0 Å². The summed E-state index contributed by atoms with van der Waals surface area (Å²) in [5.41, 5.74) is 0.983. The van der Waals surface area contributed by atoms with E-state index in [4.69, 9.17) is 9.47 Å². The number of rotatable bonds is 4. The van der Waals surface area contributed by atoms with Crippen molar-refractivity contribution >= 4 is 11.3 Å². The Labute approximate surface area is 152 Å². The maximum atomic E-state index is 12.8. The van der Waals surface area contributed by atoms with Crippen LogP contribution in [0.4, 0.5) is 8.78 Å². The van der Waals surface area contributed by atoms with Gasteiger partial charge in [0.1, 0.15) is 5.60 Å². The Kier molecular flexibility index (Phi) is 5.15. The number of hydrogen-bond donors (Lipinski definition) is 0. The van der Waals surface area contributed by atoms with Crippen LogP contribution >= 0.6 is 11.3 Å². The highest BCUT2D eigenvalue weighted by Gasteiger charge is 2.45. The summed E-state index contributed by atoms with van der Waals surface area (Å²) in [5.74, 6) is 0. The fraction of sp³-hybridized carbons (Fsp3) is 0.789. The molecule has 25 heavy (non-hydrogen) atoms. The highest BCUT2D eigenvalue weighted by Crippen LogP contribution is 2.47. The Morgan fingerprint density at radius 1 is 1.40 bits per heavy atom. The summed E-state index contributed by atoms with van der Waals surface area (Å²) in [6.45, 7) is 5.86. The number of fused-ring (bicyclic) bond motifs is 2. The maximum Gasteiger partial charge on any atom is 0.243 e. The average molecular weight is 371 g/mol. The SMILES string of the molecule is C[C@H]1C[C@@]2(CCN1CC1CCCO1)OCCc1cc(CC(F)F)sc12. The lowest BCUT2D eigenvalue weighted by Crippen LogP contribution is -2.51. The molecule has 1 spiro atoms. The minimum Gasteiger partial charge on any atom is -0.377 e.